The lowest BCUT2D eigenvalue weighted by molar-refractivity contribution is -0.384. The summed E-state index contributed by atoms with van der Waals surface area (Å²) in [5, 5.41) is 10.6. The number of para-hydroxylation sites is 1. The minimum atomic E-state index is -0.427. The highest BCUT2D eigenvalue weighted by Crippen LogP contribution is 2.22. The Hall–Kier alpha value is -2.69. The molecule has 0 atom stereocenters. The third-order valence-electron chi connectivity index (χ3n) is 3.15. The SMILES string of the molecule is Cc1cccc(C=O)c1OCCc1ccc([N+](=O)[O-])cc1. The average Bonchev–Trinajstić information content (AvgIpc) is 2.49. The standard InChI is InChI=1S/C16H15NO4/c1-12-3-2-4-14(11-18)16(12)21-10-9-13-5-7-15(8-6-13)17(19)20/h2-8,11H,9-10H2,1H3. The van der Waals surface area contributed by atoms with E-state index in [1.54, 1.807) is 18.2 Å². The van der Waals surface area contributed by atoms with Crippen LogP contribution in [0.2, 0.25) is 0 Å². The van der Waals surface area contributed by atoms with Gasteiger partial charge in [0.25, 0.3) is 5.69 Å². The van der Waals surface area contributed by atoms with E-state index in [1.807, 2.05) is 19.1 Å². The van der Waals surface area contributed by atoms with Gasteiger partial charge in [-0.2, -0.15) is 0 Å². The van der Waals surface area contributed by atoms with Crippen LogP contribution in [0.5, 0.6) is 5.75 Å². The summed E-state index contributed by atoms with van der Waals surface area (Å²) in [6, 6.07) is 11.8. The van der Waals surface area contributed by atoms with Gasteiger partial charge < -0.3 is 4.74 Å². The quantitative estimate of drug-likeness (QED) is 0.463. The van der Waals surface area contributed by atoms with Crippen molar-refractivity contribution in [3.05, 3.63) is 69.3 Å². The van der Waals surface area contributed by atoms with Crippen molar-refractivity contribution in [1.29, 1.82) is 0 Å². The van der Waals surface area contributed by atoms with E-state index in [0.717, 1.165) is 17.4 Å². The zero-order chi connectivity index (χ0) is 15.2. The van der Waals surface area contributed by atoms with E-state index in [4.69, 9.17) is 4.74 Å². The molecule has 0 aromatic heterocycles. The Morgan fingerprint density at radius 2 is 1.90 bits per heavy atom. The molecule has 108 valence electrons. The highest BCUT2D eigenvalue weighted by atomic mass is 16.6. The number of carbonyl (C=O) groups is 1. The molecule has 5 nitrogen and oxygen atoms in total. The lowest BCUT2D eigenvalue weighted by Crippen LogP contribution is -2.04. The predicted octanol–water partition coefficient (Wildman–Crippen LogP) is 3.34. The van der Waals surface area contributed by atoms with E-state index in [-0.39, 0.29) is 5.69 Å². The zero-order valence-electron chi connectivity index (χ0n) is 11.6. The average molecular weight is 285 g/mol. The number of hydrogen-bond acceptors (Lipinski definition) is 4. The number of aryl methyl sites for hydroxylation is 1. The van der Waals surface area contributed by atoms with Gasteiger partial charge in [0, 0.05) is 18.6 Å². The summed E-state index contributed by atoms with van der Waals surface area (Å²) >= 11 is 0. The van der Waals surface area contributed by atoms with Crippen LogP contribution in [0.4, 0.5) is 5.69 Å². The number of nitro benzene ring substituents is 1. The van der Waals surface area contributed by atoms with Crippen molar-refractivity contribution in [2.75, 3.05) is 6.61 Å². The molecule has 0 aliphatic rings. The van der Waals surface area contributed by atoms with Crippen LogP contribution < -0.4 is 4.74 Å². The minimum absolute atomic E-state index is 0.0711. The van der Waals surface area contributed by atoms with Crippen LogP contribution in [0.15, 0.2) is 42.5 Å². The largest absolute Gasteiger partial charge is 0.492 e. The van der Waals surface area contributed by atoms with Crippen molar-refractivity contribution in [2.24, 2.45) is 0 Å². The monoisotopic (exact) mass is 285 g/mol. The Bertz CT molecular complexity index is 650. The Morgan fingerprint density at radius 3 is 2.52 bits per heavy atom. The molecule has 2 rings (SSSR count). The third kappa shape index (κ3) is 3.66. The van der Waals surface area contributed by atoms with E-state index in [1.165, 1.54) is 12.1 Å². The van der Waals surface area contributed by atoms with E-state index < -0.39 is 4.92 Å². The number of carbonyl (C=O) groups excluding carboxylic acids is 1. The fraction of sp³-hybridized carbons (Fsp3) is 0.188. The molecule has 0 amide bonds. The molecule has 0 unspecified atom stereocenters. The molecular weight excluding hydrogens is 270 g/mol. The molecule has 0 fully saturated rings. The first-order valence-corrected chi connectivity index (χ1v) is 6.52. The van der Waals surface area contributed by atoms with Gasteiger partial charge in [-0.15, -0.1) is 0 Å². The van der Waals surface area contributed by atoms with E-state index >= 15 is 0 Å². The van der Waals surface area contributed by atoms with Gasteiger partial charge in [-0.05, 0) is 24.1 Å². The molecule has 0 radical (unpaired) electrons. The Kier molecular flexibility index (Phi) is 4.66. The van der Waals surface area contributed by atoms with E-state index in [2.05, 4.69) is 0 Å². The van der Waals surface area contributed by atoms with Crippen LogP contribution in [-0.4, -0.2) is 17.8 Å². The highest BCUT2D eigenvalue weighted by molar-refractivity contribution is 5.80. The van der Waals surface area contributed by atoms with Gasteiger partial charge in [0.15, 0.2) is 6.29 Å². The first-order chi connectivity index (χ1) is 10.1. The highest BCUT2D eigenvalue weighted by Gasteiger charge is 2.07. The van der Waals surface area contributed by atoms with Crippen molar-refractivity contribution in [1.82, 2.24) is 0 Å². The number of aldehydes is 1. The fourth-order valence-electron chi connectivity index (χ4n) is 2.02. The van der Waals surface area contributed by atoms with Crippen molar-refractivity contribution < 1.29 is 14.5 Å². The Morgan fingerprint density at radius 1 is 1.19 bits per heavy atom. The van der Waals surface area contributed by atoms with E-state index in [9.17, 15) is 14.9 Å². The lowest BCUT2D eigenvalue weighted by Gasteiger charge is -2.11. The minimum Gasteiger partial charge on any atom is -0.492 e. The van der Waals surface area contributed by atoms with Crippen LogP contribution in [0.3, 0.4) is 0 Å². The molecule has 0 saturated heterocycles. The van der Waals surface area contributed by atoms with Gasteiger partial charge >= 0.3 is 0 Å². The van der Waals surface area contributed by atoms with Gasteiger partial charge in [0.05, 0.1) is 17.1 Å². The summed E-state index contributed by atoms with van der Waals surface area (Å²) in [5.74, 6) is 0.592. The first kappa shape index (κ1) is 14.7. The maximum Gasteiger partial charge on any atom is 0.269 e. The number of hydrogen-bond donors (Lipinski definition) is 0. The third-order valence-corrected chi connectivity index (χ3v) is 3.15. The van der Waals surface area contributed by atoms with Crippen LogP contribution in [-0.2, 0) is 6.42 Å². The van der Waals surface area contributed by atoms with E-state index in [0.29, 0.717) is 24.3 Å². The molecule has 2 aromatic carbocycles. The maximum atomic E-state index is 11.0. The summed E-state index contributed by atoms with van der Waals surface area (Å²) in [6.45, 7) is 2.29. The molecule has 0 heterocycles. The zero-order valence-corrected chi connectivity index (χ0v) is 11.6. The second kappa shape index (κ2) is 6.65. The number of nitrogens with zero attached hydrogens (tertiary/aromatic N) is 1. The Balaban J connectivity index is 1.98. The fourth-order valence-corrected chi connectivity index (χ4v) is 2.02. The van der Waals surface area contributed by atoms with Crippen LogP contribution in [0, 0.1) is 17.0 Å². The predicted molar refractivity (Wildman–Crippen MR) is 78.9 cm³/mol. The van der Waals surface area contributed by atoms with Gasteiger partial charge in [-0.25, -0.2) is 0 Å². The molecule has 5 heteroatoms. The van der Waals surface area contributed by atoms with Crippen molar-refractivity contribution in [3.63, 3.8) is 0 Å². The molecule has 0 bridgehead atoms. The Labute approximate surface area is 122 Å². The number of nitro groups is 1. The summed E-state index contributed by atoms with van der Waals surface area (Å²) in [5.41, 5.74) is 2.45. The topological polar surface area (TPSA) is 69.4 Å². The maximum absolute atomic E-state index is 11.0. The summed E-state index contributed by atoms with van der Waals surface area (Å²) in [7, 11) is 0. The number of rotatable bonds is 6. The number of benzene rings is 2. The molecule has 0 aliphatic carbocycles. The normalized spacial score (nSPS) is 10.1. The van der Waals surface area contributed by atoms with Gasteiger partial charge in [0.1, 0.15) is 5.75 Å². The van der Waals surface area contributed by atoms with Crippen molar-refractivity contribution in [3.8, 4) is 5.75 Å². The molecule has 0 spiro atoms. The van der Waals surface area contributed by atoms with Crippen molar-refractivity contribution >= 4 is 12.0 Å². The molecule has 21 heavy (non-hydrogen) atoms. The summed E-state index contributed by atoms with van der Waals surface area (Å²) < 4.78 is 5.68. The number of non-ortho nitro benzene ring substituents is 1. The van der Waals surface area contributed by atoms with Gasteiger partial charge in [0.2, 0.25) is 0 Å². The molecule has 0 N–H and O–H groups in total. The van der Waals surface area contributed by atoms with Gasteiger partial charge in [-0.3, -0.25) is 14.9 Å². The van der Waals surface area contributed by atoms with Gasteiger partial charge in [-0.1, -0.05) is 24.3 Å². The second-order valence-corrected chi connectivity index (χ2v) is 4.63. The molecule has 0 saturated carbocycles. The molecular formula is C16H15NO4. The van der Waals surface area contributed by atoms with Crippen LogP contribution in [0.1, 0.15) is 21.5 Å². The van der Waals surface area contributed by atoms with Crippen LogP contribution in [0.25, 0.3) is 0 Å². The smallest absolute Gasteiger partial charge is 0.269 e. The van der Waals surface area contributed by atoms with Crippen LogP contribution >= 0.6 is 0 Å². The number of ether oxygens (including phenoxy) is 1. The summed E-state index contributed by atoms with van der Waals surface area (Å²) in [4.78, 5) is 21.1. The molecule has 2 aromatic rings. The lowest BCUT2D eigenvalue weighted by atomic mass is 10.1. The molecule has 0 aliphatic heterocycles. The summed E-state index contributed by atoms with van der Waals surface area (Å²) in [6.07, 6.45) is 1.39. The second-order valence-electron chi connectivity index (χ2n) is 4.63. The van der Waals surface area contributed by atoms with Crippen molar-refractivity contribution in [2.45, 2.75) is 13.3 Å². The first-order valence-electron chi connectivity index (χ1n) is 6.52.